The third-order valence-electron chi connectivity index (χ3n) is 15.3. The number of anilines is 3. The number of imidazole rings is 2. The Morgan fingerprint density at radius 2 is 1.31 bits per heavy atom. The van der Waals surface area contributed by atoms with Crippen molar-refractivity contribution in [3.8, 4) is 34.3 Å². The maximum Gasteiger partial charge on any atom is 0.417 e. The highest BCUT2D eigenvalue weighted by Gasteiger charge is 2.49. The van der Waals surface area contributed by atoms with Gasteiger partial charge < -0.3 is 25.0 Å². The van der Waals surface area contributed by atoms with E-state index in [0.29, 0.717) is 0 Å². The quantitative estimate of drug-likeness (QED) is 0.0520. The maximum atomic E-state index is 14.8. The molecule has 95 heavy (non-hydrogen) atoms. The van der Waals surface area contributed by atoms with Crippen LogP contribution in [-0.4, -0.2) is 105 Å². The molecule has 0 bridgehead atoms. The molecule has 3 aromatic carbocycles. The van der Waals surface area contributed by atoms with Gasteiger partial charge in [-0.05, 0) is 73.7 Å². The van der Waals surface area contributed by atoms with E-state index >= 15 is 0 Å². The van der Waals surface area contributed by atoms with Crippen molar-refractivity contribution >= 4 is 52.3 Å². The molecule has 1 fully saturated rings. The van der Waals surface area contributed by atoms with E-state index in [4.69, 9.17) is 9.47 Å². The van der Waals surface area contributed by atoms with Crippen LogP contribution in [0.1, 0.15) is 73.2 Å². The molecule has 3 aliphatic rings. The molecule has 33 heteroatoms. The lowest BCUT2D eigenvalue weighted by atomic mass is 9.77. The number of hydrazine groups is 1. The lowest BCUT2D eigenvalue weighted by Crippen LogP contribution is -2.47. The third-order valence-corrected chi connectivity index (χ3v) is 15.3. The molecule has 24 nitrogen and oxygen atoms in total. The molecule has 2 unspecified atom stereocenters. The molecule has 2 atom stereocenters. The summed E-state index contributed by atoms with van der Waals surface area (Å²) in [6, 6.07) is 23.7. The van der Waals surface area contributed by atoms with Gasteiger partial charge in [-0.3, -0.25) is 40.3 Å². The smallest absolute Gasteiger partial charge is 0.417 e. The topological polar surface area (TPSA) is 290 Å². The molecule has 3 aliphatic heterocycles. The number of aryl methyl sites for hydroxylation is 1. The zero-order valence-electron chi connectivity index (χ0n) is 48.8. The van der Waals surface area contributed by atoms with Crippen LogP contribution >= 0.6 is 0 Å². The fraction of sp³-hybridized carbons (Fsp3) is 0.161. The number of rotatable bonds is 15. The first-order chi connectivity index (χ1) is 45.3. The van der Waals surface area contributed by atoms with Crippen LogP contribution in [0.2, 0.25) is 0 Å². The summed E-state index contributed by atoms with van der Waals surface area (Å²) in [4.78, 5) is 72.9. The Labute approximate surface area is 527 Å². The van der Waals surface area contributed by atoms with Gasteiger partial charge in [0.15, 0.2) is 28.4 Å². The van der Waals surface area contributed by atoms with E-state index < -0.39 is 93.2 Å². The molecule has 1 saturated heterocycles. The van der Waals surface area contributed by atoms with Crippen molar-refractivity contribution in [3.05, 3.63) is 220 Å². The van der Waals surface area contributed by atoms with Gasteiger partial charge in [-0.1, -0.05) is 61.5 Å². The predicted octanol–water partition coefficient (Wildman–Crippen LogP) is 10.7. The molecule has 482 valence electrons. The minimum absolute atomic E-state index is 0.0151. The summed E-state index contributed by atoms with van der Waals surface area (Å²) in [6.45, 7) is 2.64. The number of aliphatic hydroxyl groups is 1. The van der Waals surface area contributed by atoms with Gasteiger partial charge in [0.05, 0.1) is 70.3 Å². The summed E-state index contributed by atoms with van der Waals surface area (Å²) in [5.74, 6) is -5.02. The van der Waals surface area contributed by atoms with Crippen LogP contribution in [0.25, 0.3) is 39.5 Å². The summed E-state index contributed by atoms with van der Waals surface area (Å²) in [6.07, 6.45) is -7.74. The average Bonchev–Trinajstić information content (AvgIpc) is 1.71. The second kappa shape index (κ2) is 23.6. The van der Waals surface area contributed by atoms with Crippen molar-refractivity contribution < 1.29 is 73.6 Å². The zero-order chi connectivity index (χ0) is 66.9. The second-order valence-electron chi connectivity index (χ2n) is 21.9. The molecule has 6 N–H and O–H groups in total. The number of allylic oxidation sites excluding steroid dienone is 2. The number of fused-ring (bicyclic) bond motifs is 3. The highest BCUT2D eigenvalue weighted by Crippen LogP contribution is 2.49. The number of ether oxygens (including phenoxy) is 2. The number of aromatic hydroxyl groups is 1. The predicted molar refractivity (Wildman–Crippen MR) is 316 cm³/mol. The minimum Gasteiger partial charge on any atom is -0.493 e. The highest BCUT2D eigenvalue weighted by atomic mass is 19.4. The first kappa shape index (κ1) is 61.8. The molecule has 10 aromatic rings. The molecule has 13 rings (SSSR count). The first-order valence-corrected chi connectivity index (χ1v) is 28.2. The highest BCUT2D eigenvalue weighted by molar-refractivity contribution is 6.06. The number of pyridine rings is 1. The van der Waals surface area contributed by atoms with Gasteiger partial charge >= 0.3 is 18.5 Å². The van der Waals surface area contributed by atoms with E-state index in [1.54, 1.807) is 13.8 Å². The lowest BCUT2D eigenvalue weighted by molar-refractivity contribution is -0.195. The molecule has 10 heterocycles. The number of aliphatic hydroxyl groups excluding tert-OH is 1. The monoisotopic (exact) mass is 1310 g/mol. The second-order valence-corrected chi connectivity index (χ2v) is 21.9. The number of amides is 3. The van der Waals surface area contributed by atoms with Crippen LogP contribution in [0.15, 0.2) is 170 Å². The van der Waals surface area contributed by atoms with E-state index in [1.807, 2.05) is 0 Å². The average molecular weight is 1310 g/mol. The maximum absolute atomic E-state index is 14.8. The number of hydrogen-bond acceptors (Lipinski definition) is 19. The SMILES string of the molecule is Cc1cc(NC(=O)c2c(O)nc3c(C4OCC4(C)COc4ccnc(NC(=O)c5cnc6ccc(-c7ccccc7C(F)(F)F)nn56)n4)cc(-c4ccccc4C(F)(F)F)nn23)cc(CN2C3=CC=C(c4ccccc4C(F)(F)F)NN3C(C(=O)Nc3ncccn3)=C2O)n1. The number of hydrogen-bond donors (Lipinski definition) is 6. The number of carbonyl (C=O) groups excluding carboxylic acids is 3. The van der Waals surface area contributed by atoms with E-state index in [9.17, 15) is 64.1 Å². The largest absolute Gasteiger partial charge is 0.493 e. The molecular formula is C62H44F9N17O7. The fourth-order valence-corrected chi connectivity index (χ4v) is 11.0. The Morgan fingerprint density at radius 3 is 1.98 bits per heavy atom. The third kappa shape index (κ3) is 11.9. The van der Waals surface area contributed by atoms with Gasteiger partial charge in [0.1, 0.15) is 12.4 Å². The van der Waals surface area contributed by atoms with Crippen molar-refractivity contribution in [2.24, 2.45) is 5.41 Å². The van der Waals surface area contributed by atoms with Crippen molar-refractivity contribution in [3.63, 3.8) is 0 Å². The zero-order valence-corrected chi connectivity index (χ0v) is 48.8. The van der Waals surface area contributed by atoms with Crippen LogP contribution in [0.3, 0.4) is 0 Å². The van der Waals surface area contributed by atoms with Gasteiger partial charge in [-0.25, -0.2) is 34.0 Å². The molecule has 0 radical (unpaired) electrons. The Bertz CT molecular complexity index is 4860. The standard InChI is InChI=1S/C62H44F9N17O7/c1-31-24-32(25-33(76-31)28-85-47-19-17-42(35-11-4-7-14-39(35)61(66,67)68)83-87(47)49(56(85)93)55(92)81-57-72-21-9-22-73-57)77-53(90)48-54(91)79-51-37(26-43(84-88(48)51)36-12-5-8-15-40(36)62(69,70)71)50-59(2,30-95-50)29-94-46-20-23-74-58(78-46)80-52(89)44-27-75-45-18-16-41(82-86(44)45)34-10-3-6-13-38(34)60(63,64)65/h3-27,50,83,91,93H,28-30H2,1-2H3,(H,76,77,90)(H,72,73,81,92)(H,74,78,80,89). The summed E-state index contributed by atoms with van der Waals surface area (Å²) in [7, 11) is 0. The van der Waals surface area contributed by atoms with Gasteiger partial charge in [0, 0.05) is 58.3 Å². The van der Waals surface area contributed by atoms with Crippen LogP contribution in [-0.2, 0) is 34.6 Å². The van der Waals surface area contributed by atoms with Crippen LogP contribution in [0.4, 0.5) is 57.1 Å². The molecule has 0 spiro atoms. The summed E-state index contributed by atoms with van der Waals surface area (Å²) >= 11 is 0. The van der Waals surface area contributed by atoms with E-state index in [2.05, 4.69) is 66.5 Å². The number of nitrogens with one attached hydrogen (secondary N) is 4. The molecule has 0 aliphatic carbocycles. The van der Waals surface area contributed by atoms with Gasteiger partial charge in [0.2, 0.25) is 29.5 Å². The van der Waals surface area contributed by atoms with Gasteiger partial charge in [0.25, 0.3) is 17.7 Å². The Morgan fingerprint density at radius 1 is 0.674 bits per heavy atom. The molecule has 7 aromatic heterocycles. The van der Waals surface area contributed by atoms with Gasteiger partial charge in [-0.2, -0.15) is 59.7 Å². The Kier molecular flexibility index (Phi) is 15.3. The number of benzene rings is 3. The first-order valence-electron chi connectivity index (χ1n) is 28.2. The van der Waals surface area contributed by atoms with Crippen molar-refractivity contribution in [2.75, 3.05) is 29.2 Å². The van der Waals surface area contributed by atoms with Crippen LogP contribution in [0, 0.1) is 12.3 Å². The van der Waals surface area contributed by atoms with Crippen molar-refractivity contribution in [1.82, 2.24) is 69.5 Å². The lowest BCUT2D eigenvalue weighted by Gasteiger charge is -2.46. The summed E-state index contributed by atoms with van der Waals surface area (Å²) < 4.78 is 143. The van der Waals surface area contributed by atoms with Crippen LogP contribution in [0.5, 0.6) is 11.8 Å². The minimum atomic E-state index is -4.91. The van der Waals surface area contributed by atoms with E-state index in [1.165, 1.54) is 127 Å². The summed E-state index contributed by atoms with van der Waals surface area (Å²) in [5.41, 5.74) is -3.72. The Balaban J connectivity index is 0.779. The normalized spacial score (nSPS) is 16.4. The number of alkyl halides is 9. The van der Waals surface area contributed by atoms with E-state index in [0.717, 1.165) is 44.5 Å². The fourth-order valence-electron chi connectivity index (χ4n) is 11.0. The number of carbonyl (C=O) groups is 3. The van der Waals surface area contributed by atoms with Gasteiger partial charge in [-0.15, -0.1) is 0 Å². The van der Waals surface area contributed by atoms with Crippen molar-refractivity contribution in [2.45, 2.75) is 45.0 Å². The molecule has 0 saturated carbocycles. The number of halogens is 9. The number of nitrogens with zero attached hydrogens (tertiary/aromatic N) is 13. The van der Waals surface area contributed by atoms with Crippen molar-refractivity contribution in [1.29, 1.82) is 0 Å². The number of aromatic nitrogens is 11. The van der Waals surface area contributed by atoms with Crippen LogP contribution < -0.4 is 26.1 Å². The summed E-state index contributed by atoms with van der Waals surface area (Å²) in [5, 5.41) is 40.9. The molecular weight excluding hydrogens is 1270 g/mol. The molecule has 3 amide bonds. The Hall–Kier alpha value is -12.0. The van der Waals surface area contributed by atoms with E-state index in [-0.39, 0.29) is 111 Å².